The molecule has 0 radical (unpaired) electrons. The Kier molecular flexibility index (Phi) is 12.2. The van der Waals surface area contributed by atoms with Crippen LogP contribution in [-0.4, -0.2) is 80.6 Å². The molecule has 0 saturated carbocycles. The van der Waals surface area contributed by atoms with Crippen molar-refractivity contribution in [1.29, 1.82) is 0 Å². The van der Waals surface area contributed by atoms with E-state index in [2.05, 4.69) is 106 Å². The summed E-state index contributed by atoms with van der Waals surface area (Å²) in [5.41, 5.74) is 10.1. The molecule has 13 nitrogen and oxygen atoms in total. The van der Waals surface area contributed by atoms with E-state index in [4.69, 9.17) is 14.5 Å². The number of hydrogen-bond donors (Lipinski definition) is 4. The van der Waals surface area contributed by atoms with E-state index in [1.807, 2.05) is 25.3 Å². The minimum absolute atomic E-state index is 0.0521. The van der Waals surface area contributed by atoms with E-state index in [-0.39, 0.29) is 29.8 Å². The number of rotatable bonds is 12. The van der Waals surface area contributed by atoms with Crippen LogP contribution < -0.4 is 10.6 Å². The zero-order chi connectivity index (χ0) is 41.8. The quantitative estimate of drug-likeness (QED) is 0.0992. The smallest absolute Gasteiger partial charge is 0.407 e. The van der Waals surface area contributed by atoms with Gasteiger partial charge in [0.05, 0.1) is 60.9 Å². The maximum Gasteiger partial charge on any atom is 0.407 e. The molecule has 0 unspecified atom stereocenters. The summed E-state index contributed by atoms with van der Waals surface area (Å²) >= 11 is 0. The van der Waals surface area contributed by atoms with Crippen LogP contribution >= 0.6 is 0 Å². The van der Waals surface area contributed by atoms with Crippen LogP contribution in [0, 0.1) is 5.92 Å². The number of carbonyl (C=O) groups excluding carboxylic acids is 3. The highest BCUT2D eigenvalue weighted by Gasteiger charge is 2.39. The van der Waals surface area contributed by atoms with Gasteiger partial charge in [-0.3, -0.25) is 14.6 Å². The van der Waals surface area contributed by atoms with Crippen LogP contribution in [0.3, 0.4) is 0 Å². The average Bonchev–Trinajstić information content (AvgIpc) is 4.07. The Hall–Kier alpha value is -6.34. The van der Waals surface area contributed by atoms with Crippen LogP contribution in [0.2, 0.25) is 0 Å². The molecule has 3 amide bonds. The summed E-state index contributed by atoms with van der Waals surface area (Å²) in [6.07, 6.45) is 9.53. The highest BCUT2D eigenvalue weighted by atomic mass is 16.5. The fourth-order valence-electron chi connectivity index (χ4n) is 8.11. The van der Waals surface area contributed by atoms with Crippen molar-refractivity contribution in [2.75, 3.05) is 20.8 Å². The zero-order valence-corrected chi connectivity index (χ0v) is 34.6. The molecule has 1 aliphatic heterocycles. The Morgan fingerprint density at radius 2 is 1.42 bits per heavy atom. The monoisotopic (exact) mass is 796 g/mol. The van der Waals surface area contributed by atoms with Crippen molar-refractivity contribution in [2.24, 2.45) is 5.92 Å². The number of allylic oxidation sites excluding steroid dienone is 3. The molecule has 4 N–H and O–H groups in total. The van der Waals surface area contributed by atoms with E-state index < -0.39 is 24.2 Å². The number of benzene rings is 2. The largest absolute Gasteiger partial charge is 0.453 e. The molecule has 3 aromatic heterocycles. The van der Waals surface area contributed by atoms with Crippen LogP contribution in [-0.2, 0) is 19.1 Å². The predicted octanol–water partition coefficient (Wildman–Crippen LogP) is 7.83. The molecule has 0 spiro atoms. The Morgan fingerprint density at radius 3 is 2.02 bits per heavy atom. The van der Waals surface area contributed by atoms with Crippen LogP contribution in [0.1, 0.15) is 82.7 Å². The third kappa shape index (κ3) is 8.61. The molecule has 4 heterocycles. The van der Waals surface area contributed by atoms with Crippen molar-refractivity contribution in [2.45, 2.75) is 77.6 Å². The van der Waals surface area contributed by atoms with E-state index in [0.717, 1.165) is 69.0 Å². The number of pyridine rings is 1. The van der Waals surface area contributed by atoms with E-state index in [1.54, 1.807) is 30.4 Å². The molecule has 7 rings (SSSR count). The lowest BCUT2D eigenvalue weighted by molar-refractivity contribution is -0.137. The van der Waals surface area contributed by atoms with Crippen molar-refractivity contribution >= 4 is 17.9 Å². The molecule has 5 aromatic rings. The molecule has 0 bridgehead atoms. The number of nitrogens with zero attached hydrogens (tertiary/aromatic N) is 4. The van der Waals surface area contributed by atoms with E-state index in [9.17, 15) is 14.4 Å². The fraction of sp³-hybridized carbons (Fsp3) is 0.348. The SMILES string of the molecule is COC(=O)N[C@H](C(=O)N1CCC[C@H]1c1ncc(-c2ccc(-c3ccc(-c4cnc([C@H]5C(C)=C(C)C(C)=C[C@@H]5C(=O)N[C@H](C)c5cccnc5)[nH]4)cc3)cc2)[nH]1)[C@@H](C)OC. The summed E-state index contributed by atoms with van der Waals surface area (Å²) in [5, 5.41) is 5.83. The minimum Gasteiger partial charge on any atom is -0.453 e. The van der Waals surface area contributed by atoms with Gasteiger partial charge in [-0.05, 0) is 86.9 Å². The lowest BCUT2D eigenvalue weighted by atomic mass is 9.76. The third-order valence-corrected chi connectivity index (χ3v) is 11.9. The molecule has 13 heteroatoms. The molecular formula is C46H52N8O5. The number of aromatic nitrogens is 5. The topological polar surface area (TPSA) is 167 Å². The first-order valence-electron chi connectivity index (χ1n) is 20.0. The van der Waals surface area contributed by atoms with Gasteiger partial charge in [0.25, 0.3) is 0 Å². The Bertz CT molecular complexity index is 2350. The number of H-pyrrole nitrogens is 2. The summed E-state index contributed by atoms with van der Waals surface area (Å²) in [6.45, 7) is 10.5. The summed E-state index contributed by atoms with van der Waals surface area (Å²) in [7, 11) is 2.77. The lowest BCUT2D eigenvalue weighted by Gasteiger charge is -2.31. The van der Waals surface area contributed by atoms with E-state index in [1.165, 1.54) is 19.8 Å². The van der Waals surface area contributed by atoms with Gasteiger partial charge in [0.2, 0.25) is 11.8 Å². The van der Waals surface area contributed by atoms with Gasteiger partial charge in [-0.2, -0.15) is 0 Å². The maximum atomic E-state index is 13.8. The second kappa shape index (κ2) is 17.7. The molecule has 2 aliphatic rings. The molecule has 306 valence electrons. The van der Waals surface area contributed by atoms with Crippen molar-refractivity contribution < 1.29 is 23.9 Å². The van der Waals surface area contributed by atoms with Crippen molar-refractivity contribution in [3.63, 3.8) is 0 Å². The van der Waals surface area contributed by atoms with Gasteiger partial charge in [0, 0.05) is 26.0 Å². The van der Waals surface area contributed by atoms with Crippen LogP contribution in [0.4, 0.5) is 4.79 Å². The number of carbonyl (C=O) groups is 3. The highest BCUT2D eigenvalue weighted by molar-refractivity contribution is 5.87. The summed E-state index contributed by atoms with van der Waals surface area (Å²) < 4.78 is 10.2. The molecule has 1 aliphatic carbocycles. The molecule has 2 aromatic carbocycles. The van der Waals surface area contributed by atoms with Gasteiger partial charge in [0.15, 0.2) is 0 Å². The first kappa shape index (κ1) is 40.8. The molecular weight excluding hydrogens is 745 g/mol. The van der Waals surface area contributed by atoms with Gasteiger partial charge in [0.1, 0.15) is 17.7 Å². The third-order valence-electron chi connectivity index (χ3n) is 11.9. The number of alkyl carbamates (subject to hydrolysis) is 1. The fourth-order valence-corrected chi connectivity index (χ4v) is 8.11. The van der Waals surface area contributed by atoms with E-state index in [0.29, 0.717) is 12.4 Å². The van der Waals surface area contributed by atoms with Crippen molar-refractivity contribution in [3.05, 3.63) is 125 Å². The summed E-state index contributed by atoms with van der Waals surface area (Å²) in [5.74, 6) is 0.502. The van der Waals surface area contributed by atoms with Gasteiger partial charge >= 0.3 is 6.09 Å². The number of ether oxygens (including phenoxy) is 2. The number of nitrogens with one attached hydrogen (secondary N) is 4. The normalized spacial score (nSPS) is 19.5. The Balaban J connectivity index is 1.03. The summed E-state index contributed by atoms with van der Waals surface area (Å²) in [6, 6.07) is 19.1. The number of hydrogen-bond acceptors (Lipinski definition) is 8. The van der Waals surface area contributed by atoms with Crippen LogP contribution in [0.25, 0.3) is 33.6 Å². The van der Waals surface area contributed by atoms with Crippen molar-refractivity contribution in [1.82, 2.24) is 40.5 Å². The number of amides is 3. The number of aromatic amines is 2. The van der Waals surface area contributed by atoms with Gasteiger partial charge in [-0.25, -0.2) is 14.8 Å². The Labute approximate surface area is 344 Å². The Morgan fingerprint density at radius 1 is 0.814 bits per heavy atom. The standard InChI is InChI=1S/C46H52N8O5/c1-26-22-36(44(55)50-29(4)35-10-8-20-47-23-35)40(28(3)27(26)2)43-49-25-38(52-43)34-18-14-32(15-19-34)31-12-16-33(17-13-31)37-24-48-42(51-37)39-11-9-21-54(39)45(56)41(30(5)58-6)53-46(57)59-7/h8,10,12-20,22-25,29-30,36,39-41H,9,11,21H2,1-7H3,(H,48,51)(H,49,52)(H,50,55)(H,53,57)/t29-,30-,36+,39+,40+,41+/m1/s1. The molecule has 1 fully saturated rings. The first-order chi connectivity index (χ1) is 28.5. The predicted molar refractivity (Wildman–Crippen MR) is 226 cm³/mol. The van der Waals surface area contributed by atoms with Crippen LogP contribution in [0.15, 0.2) is 108 Å². The van der Waals surface area contributed by atoms with Crippen molar-refractivity contribution in [3.8, 4) is 33.6 Å². The highest BCUT2D eigenvalue weighted by Crippen LogP contribution is 2.41. The second-order valence-electron chi connectivity index (χ2n) is 15.4. The lowest BCUT2D eigenvalue weighted by Crippen LogP contribution is -2.54. The van der Waals surface area contributed by atoms with Gasteiger partial charge in [-0.1, -0.05) is 71.8 Å². The number of likely N-dealkylation sites (tertiary alicyclic amines) is 1. The van der Waals surface area contributed by atoms with E-state index >= 15 is 0 Å². The maximum absolute atomic E-state index is 13.8. The molecule has 59 heavy (non-hydrogen) atoms. The molecule has 1 saturated heterocycles. The summed E-state index contributed by atoms with van der Waals surface area (Å²) in [4.78, 5) is 61.9. The van der Waals surface area contributed by atoms with Gasteiger partial charge in [-0.15, -0.1) is 0 Å². The van der Waals surface area contributed by atoms with Gasteiger partial charge < -0.3 is 35.0 Å². The average molecular weight is 797 g/mol. The van der Waals surface area contributed by atoms with Crippen LogP contribution in [0.5, 0.6) is 0 Å². The second-order valence-corrected chi connectivity index (χ2v) is 15.4. The first-order valence-corrected chi connectivity index (χ1v) is 20.0. The molecule has 6 atom stereocenters. The minimum atomic E-state index is -0.892. The zero-order valence-electron chi connectivity index (χ0n) is 34.6. The number of methoxy groups -OCH3 is 2. The number of imidazole rings is 2.